The summed E-state index contributed by atoms with van der Waals surface area (Å²) in [6, 6.07) is 12.6. The third kappa shape index (κ3) is 3.13. The Labute approximate surface area is 169 Å². The number of benzene rings is 1. The molecule has 0 aliphatic carbocycles. The van der Waals surface area contributed by atoms with Gasteiger partial charge >= 0.3 is 5.69 Å². The van der Waals surface area contributed by atoms with Crippen molar-refractivity contribution in [1.82, 2.24) is 14.8 Å². The summed E-state index contributed by atoms with van der Waals surface area (Å²) in [6.07, 6.45) is 4.26. The highest BCUT2D eigenvalue weighted by molar-refractivity contribution is 6.03. The fourth-order valence-corrected chi connectivity index (χ4v) is 3.46. The van der Waals surface area contributed by atoms with Crippen molar-refractivity contribution in [1.29, 1.82) is 0 Å². The van der Waals surface area contributed by atoms with Crippen molar-refractivity contribution in [2.45, 2.75) is 19.0 Å². The summed E-state index contributed by atoms with van der Waals surface area (Å²) in [5, 5.41) is 21.5. The Kier molecular flexibility index (Phi) is 4.16. The van der Waals surface area contributed by atoms with Gasteiger partial charge in [0.05, 0.1) is 11.2 Å². The lowest BCUT2D eigenvalue weighted by molar-refractivity contribution is -0.385. The number of para-hydroxylation sites is 1. The summed E-state index contributed by atoms with van der Waals surface area (Å²) in [6.45, 7) is -0.193. The van der Waals surface area contributed by atoms with Crippen LogP contribution in [-0.2, 0) is 11.3 Å². The number of nitro groups is 1. The molecule has 10 heteroatoms. The van der Waals surface area contributed by atoms with Crippen LogP contribution in [0.4, 0.5) is 5.69 Å². The monoisotopic (exact) mass is 405 g/mol. The van der Waals surface area contributed by atoms with Crippen molar-refractivity contribution in [3.8, 4) is 0 Å². The van der Waals surface area contributed by atoms with Gasteiger partial charge in [0.1, 0.15) is 42.0 Å². The number of hydrogen-bond acceptors (Lipinski definition) is 7. The molecule has 0 radical (unpaired) electrons. The van der Waals surface area contributed by atoms with Crippen LogP contribution in [-0.4, -0.2) is 31.3 Å². The number of rotatable bonds is 5. The maximum absolute atomic E-state index is 13.0. The molecule has 30 heavy (non-hydrogen) atoms. The van der Waals surface area contributed by atoms with Crippen molar-refractivity contribution in [2.24, 2.45) is 5.10 Å². The van der Waals surface area contributed by atoms with E-state index in [1.165, 1.54) is 22.2 Å². The summed E-state index contributed by atoms with van der Waals surface area (Å²) in [7, 11) is 0. The van der Waals surface area contributed by atoms with Gasteiger partial charge in [-0.05, 0) is 24.3 Å². The Hall–Kier alpha value is -4.21. The first-order valence-electron chi connectivity index (χ1n) is 9.17. The number of hydrogen-bond donors (Lipinski definition) is 0. The van der Waals surface area contributed by atoms with E-state index in [1.807, 2.05) is 30.3 Å². The highest BCUT2D eigenvalue weighted by Gasteiger charge is 2.36. The number of carbonyl (C=O) groups is 1. The molecule has 0 bridgehead atoms. The van der Waals surface area contributed by atoms with Crippen LogP contribution in [0, 0.1) is 10.1 Å². The van der Waals surface area contributed by atoms with Crippen molar-refractivity contribution >= 4 is 28.3 Å². The van der Waals surface area contributed by atoms with E-state index in [0.717, 1.165) is 17.2 Å². The molecule has 1 atom stereocenters. The first-order valence-corrected chi connectivity index (χ1v) is 9.17. The SMILES string of the molecule is O=C(Cn1cc([N+](=O)[O-])cn1)N1N=C(c2cc3ccccc3o2)CC1c1ccco1. The predicted molar refractivity (Wildman–Crippen MR) is 105 cm³/mol. The minimum atomic E-state index is -0.562. The van der Waals surface area contributed by atoms with Crippen LogP contribution < -0.4 is 0 Å². The summed E-state index contributed by atoms with van der Waals surface area (Å²) in [5.74, 6) is 0.794. The van der Waals surface area contributed by atoms with Gasteiger partial charge in [0.15, 0.2) is 5.76 Å². The van der Waals surface area contributed by atoms with Crippen LogP contribution in [0.2, 0.25) is 0 Å². The number of hydrazone groups is 1. The predicted octanol–water partition coefficient (Wildman–Crippen LogP) is 3.51. The molecule has 0 saturated carbocycles. The zero-order chi connectivity index (χ0) is 20.7. The molecular weight excluding hydrogens is 390 g/mol. The zero-order valence-electron chi connectivity index (χ0n) is 15.5. The number of carbonyl (C=O) groups excluding carboxylic acids is 1. The third-order valence-electron chi connectivity index (χ3n) is 4.88. The Morgan fingerprint density at radius 2 is 2.13 bits per heavy atom. The largest absolute Gasteiger partial charge is 0.467 e. The lowest BCUT2D eigenvalue weighted by Crippen LogP contribution is -2.30. The number of fused-ring (bicyclic) bond motifs is 1. The van der Waals surface area contributed by atoms with Crippen LogP contribution in [0.25, 0.3) is 11.0 Å². The van der Waals surface area contributed by atoms with E-state index in [1.54, 1.807) is 12.1 Å². The smallest absolute Gasteiger partial charge is 0.307 e. The number of aromatic nitrogens is 2. The van der Waals surface area contributed by atoms with Crippen LogP contribution >= 0.6 is 0 Å². The molecule has 1 unspecified atom stereocenters. The Morgan fingerprint density at radius 3 is 2.87 bits per heavy atom. The van der Waals surface area contributed by atoms with Gasteiger partial charge in [-0.1, -0.05) is 18.2 Å². The highest BCUT2D eigenvalue weighted by Crippen LogP contribution is 2.34. The van der Waals surface area contributed by atoms with Crippen molar-refractivity contribution in [3.63, 3.8) is 0 Å². The molecule has 1 aromatic carbocycles. The second-order valence-electron chi connectivity index (χ2n) is 6.82. The molecule has 0 saturated heterocycles. The summed E-state index contributed by atoms with van der Waals surface area (Å²) in [4.78, 5) is 23.3. The molecule has 5 rings (SSSR count). The van der Waals surface area contributed by atoms with E-state index in [0.29, 0.717) is 23.7 Å². The second kappa shape index (κ2) is 6.99. The molecule has 1 aliphatic heterocycles. The first-order chi connectivity index (χ1) is 14.6. The molecule has 1 amide bonds. The van der Waals surface area contributed by atoms with Gasteiger partial charge in [0, 0.05) is 11.8 Å². The average molecular weight is 405 g/mol. The van der Waals surface area contributed by atoms with Crippen molar-refractivity contribution < 1.29 is 18.6 Å². The zero-order valence-corrected chi connectivity index (χ0v) is 15.5. The van der Waals surface area contributed by atoms with Gasteiger partial charge in [-0.15, -0.1) is 0 Å². The lowest BCUT2D eigenvalue weighted by Gasteiger charge is -2.19. The molecule has 3 aromatic heterocycles. The Morgan fingerprint density at radius 1 is 1.27 bits per heavy atom. The fraction of sp³-hybridized carbons (Fsp3) is 0.150. The molecule has 4 aromatic rings. The summed E-state index contributed by atoms with van der Waals surface area (Å²) in [5.41, 5.74) is 1.17. The van der Waals surface area contributed by atoms with Gasteiger partial charge in [-0.25, -0.2) is 5.01 Å². The topological polar surface area (TPSA) is 120 Å². The van der Waals surface area contributed by atoms with Crippen molar-refractivity contribution in [2.75, 3.05) is 0 Å². The minimum absolute atomic E-state index is 0.182. The molecule has 0 N–H and O–H groups in total. The van der Waals surface area contributed by atoms with Crippen LogP contribution in [0.1, 0.15) is 24.0 Å². The van der Waals surface area contributed by atoms with E-state index in [9.17, 15) is 14.9 Å². The maximum Gasteiger partial charge on any atom is 0.307 e. The highest BCUT2D eigenvalue weighted by atomic mass is 16.6. The normalized spacial score (nSPS) is 16.2. The quantitative estimate of drug-likeness (QED) is 0.370. The Balaban J connectivity index is 1.45. The number of furan rings is 2. The van der Waals surface area contributed by atoms with Gasteiger partial charge in [0.2, 0.25) is 0 Å². The lowest BCUT2D eigenvalue weighted by atomic mass is 10.1. The van der Waals surface area contributed by atoms with Crippen LogP contribution in [0.3, 0.4) is 0 Å². The molecule has 10 nitrogen and oxygen atoms in total. The average Bonchev–Trinajstić information content (AvgIpc) is 3.52. The van der Waals surface area contributed by atoms with E-state index in [4.69, 9.17) is 8.83 Å². The van der Waals surface area contributed by atoms with Gasteiger partial charge in [0.25, 0.3) is 5.91 Å². The summed E-state index contributed by atoms with van der Waals surface area (Å²) >= 11 is 0. The third-order valence-corrected chi connectivity index (χ3v) is 4.88. The van der Waals surface area contributed by atoms with Gasteiger partial charge < -0.3 is 8.83 Å². The van der Waals surface area contributed by atoms with E-state index in [-0.39, 0.29) is 18.1 Å². The minimum Gasteiger partial charge on any atom is -0.467 e. The number of amides is 1. The molecular formula is C20H15N5O5. The fourth-order valence-electron chi connectivity index (χ4n) is 3.46. The molecule has 150 valence electrons. The van der Waals surface area contributed by atoms with Crippen LogP contribution in [0.15, 0.2) is 75.1 Å². The number of nitrogens with zero attached hydrogens (tertiary/aromatic N) is 5. The van der Waals surface area contributed by atoms with Gasteiger partial charge in [-0.2, -0.15) is 10.2 Å². The molecule has 4 heterocycles. The maximum atomic E-state index is 13.0. The van der Waals surface area contributed by atoms with Crippen LogP contribution in [0.5, 0.6) is 0 Å². The Bertz CT molecular complexity index is 1240. The van der Waals surface area contributed by atoms with Gasteiger partial charge in [-0.3, -0.25) is 19.6 Å². The first kappa shape index (κ1) is 17.9. The van der Waals surface area contributed by atoms with Crippen molar-refractivity contribution in [3.05, 3.63) is 82.8 Å². The molecule has 1 aliphatic rings. The molecule has 0 fully saturated rings. The van der Waals surface area contributed by atoms with E-state index < -0.39 is 11.0 Å². The molecule has 0 spiro atoms. The summed E-state index contributed by atoms with van der Waals surface area (Å²) < 4.78 is 12.6. The van der Waals surface area contributed by atoms with E-state index in [2.05, 4.69) is 10.2 Å². The van der Waals surface area contributed by atoms with E-state index >= 15 is 0 Å². The standard InChI is InChI=1S/C20H15N5O5/c26-20(12-23-11-14(10-21-23)25(27)28)24-16(18-6-3-7-29-18)9-15(22-24)19-8-13-4-1-2-5-17(13)30-19/h1-8,10-11,16H,9,12H2. The second-order valence-corrected chi connectivity index (χ2v) is 6.82.